The summed E-state index contributed by atoms with van der Waals surface area (Å²) < 4.78 is 8.77. The summed E-state index contributed by atoms with van der Waals surface area (Å²) in [6, 6.07) is 10.6. The smallest absolute Gasteiger partial charge is 0.158 e. The lowest BCUT2D eigenvalue weighted by Gasteiger charge is -2.32. The van der Waals surface area contributed by atoms with Gasteiger partial charge < -0.3 is 14.2 Å². The summed E-state index contributed by atoms with van der Waals surface area (Å²) >= 11 is 0. The summed E-state index contributed by atoms with van der Waals surface area (Å²) in [6.07, 6.45) is 10.2. The number of hydrogen-bond acceptors (Lipinski definition) is 5. The number of aromatic nitrogens is 3. The molecule has 5 rings (SSSR count). The molecule has 28 heavy (non-hydrogen) atoms. The minimum absolute atomic E-state index is 0.208. The van der Waals surface area contributed by atoms with Crippen molar-refractivity contribution in [3.05, 3.63) is 48.5 Å². The van der Waals surface area contributed by atoms with Crippen LogP contribution in [0.25, 0.3) is 10.9 Å². The Hall–Kier alpha value is -3.07. The largest absolute Gasteiger partial charge is 0.490 e. The molecule has 0 atom stereocenters. The molecule has 1 saturated carbocycles. The highest BCUT2D eigenvalue weighted by atomic mass is 16.5. The number of fused-ring (bicyclic) bond motifs is 1. The third-order valence-electron chi connectivity index (χ3n) is 5.74. The maximum Gasteiger partial charge on any atom is 0.158 e. The maximum atomic E-state index is 8.85. The lowest BCUT2D eigenvalue weighted by Crippen LogP contribution is -2.38. The molecule has 1 aliphatic carbocycles. The lowest BCUT2D eigenvalue weighted by atomic mass is 10.1. The molecule has 6 nitrogen and oxygen atoms in total. The fourth-order valence-corrected chi connectivity index (χ4v) is 3.96. The van der Waals surface area contributed by atoms with Crippen molar-refractivity contribution in [1.29, 1.82) is 5.26 Å². The average molecular weight is 373 g/mol. The maximum absolute atomic E-state index is 8.85. The van der Waals surface area contributed by atoms with Crippen LogP contribution in [0.4, 0.5) is 5.82 Å². The van der Waals surface area contributed by atoms with Crippen LogP contribution in [0.3, 0.4) is 0 Å². The van der Waals surface area contributed by atoms with Gasteiger partial charge in [0.1, 0.15) is 23.7 Å². The molecule has 2 aliphatic rings. The van der Waals surface area contributed by atoms with Gasteiger partial charge in [-0.3, -0.25) is 0 Å². The van der Waals surface area contributed by atoms with Crippen LogP contribution >= 0.6 is 0 Å². The van der Waals surface area contributed by atoms with E-state index in [9.17, 15) is 0 Å². The van der Waals surface area contributed by atoms with Gasteiger partial charge in [-0.1, -0.05) is 6.07 Å². The number of hydrogen-bond donors (Lipinski definition) is 0. The van der Waals surface area contributed by atoms with Crippen molar-refractivity contribution in [2.75, 3.05) is 18.0 Å². The highest BCUT2D eigenvalue weighted by Gasteiger charge is 2.24. The van der Waals surface area contributed by atoms with Crippen LogP contribution in [-0.2, 0) is 6.54 Å². The Morgan fingerprint density at radius 2 is 1.93 bits per heavy atom. The highest BCUT2D eigenvalue weighted by Crippen LogP contribution is 2.34. The van der Waals surface area contributed by atoms with Crippen molar-refractivity contribution < 1.29 is 4.74 Å². The molecule has 0 unspecified atom stereocenters. The van der Waals surface area contributed by atoms with Crippen molar-refractivity contribution in [1.82, 2.24) is 14.5 Å². The van der Waals surface area contributed by atoms with Gasteiger partial charge in [-0.15, -0.1) is 0 Å². The molecular weight excluding hydrogens is 350 g/mol. The van der Waals surface area contributed by atoms with Gasteiger partial charge in [-0.25, -0.2) is 9.97 Å². The molecule has 0 spiro atoms. The minimum Gasteiger partial charge on any atom is -0.490 e. The Kier molecular flexibility index (Phi) is 4.36. The molecule has 0 bridgehead atoms. The number of rotatable bonds is 5. The zero-order valence-electron chi connectivity index (χ0n) is 15.8. The van der Waals surface area contributed by atoms with E-state index in [-0.39, 0.29) is 6.10 Å². The van der Waals surface area contributed by atoms with E-state index in [1.807, 2.05) is 6.07 Å². The molecule has 6 heteroatoms. The average Bonchev–Trinajstić information content (AvgIpc) is 3.47. The van der Waals surface area contributed by atoms with E-state index < -0.39 is 0 Å². The predicted molar refractivity (Wildman–Crippen MR) is 107 cm³/mol. The first-order chi connectivity index (χ1) is 13.8. The van der Waals surface area contributed by atoms with Crippen LogP contribution in [0.5, 0.6) is 5.75 Å². The quantitative estimate of drug-likeness (QED) is 0.681. The predicted octanol–water partition coefficient (Wildman–Crippen LogP) is 3.76. The van der Waals surface area contributed by atoms with Crippen molar-refractivity contribution >= 4 is 16.7 Å². The lowest BCUT2D eigenvalue weighted by molar-refractivity contribution is 0.173. The van der Waals surface area contributed by atoms with Gasteiger partial charge in [-0.05, 0) is 37.0 Å². The first kappa shape index (κ1) is 17.1. The van der Waals surface area contributed by atoms with E-state index in [1.54, 1.807) is 6.20 Å². The number of ether oxygens (including phenoxy) is 1. The Bertz CT molecular complexity index is 1010. The monoisotopic (exact) mass is 373 g/mol. The molecular formula is C22H23N5O. The van der Waals surface area contributed by atoms with E-state index in [0.717, 1.165) is 50.0 Å². The third kappa shape index (κ3) is 3.40. The Morgan fingerprint density at radius 1 is 1.07 bits per heavy atom. The second-order valence-corrected chi connectivity index (χ2v) is 7.78. The van der Waals surface area contributed by atoms with E-state index in [2.05, 4.69) is 49.9 Å². The van der Waals surface area contributed by atoms with Gasteiger partial charge in [0.15, 0.2) is 5.69 Å². The van der Waals surface area contributed by atoms with Gasteiger partial charge >= 0.3 is 0 Å². The molecule has 2 fully saturated rings. The SMILES string of the molecule is N#Cc1cnc(N2CCC(Oc3cccc4c3ccn4CC3CC3)CC2)cn1. The second kappa shape index (κ2) is 7.16. The van der Waals surface area contributed by atoms with Gasteiger partial charge in [0.25, 0.3) is 0 Å². The van der Waals surface area contributed by atoms with Gasteiger partial charge in [0.05, 0.1) is 17.9 Å². The first-order valence-electron chi connectivity index (χ1n) is 10.0. The summed E-state index contributed by atoms with van der Waals surface area (Å²) in [5.74, 6) is 2.68. The molecule has 3 aromatic rings. The minimum atomic E-state index is 0.208. The van der Waals surface area contributed by atoms with Crippen LogP contribution < -0.4 is 9.64 Å². The van der Waals surface area contributed by atoms with E-state index >= 15 is 0 Å². The Morgan fingerprint density at radius 3 is 2.64 bits per heavy atom. The summed E-state index contributed by atoms with van der Waals surface area (Å²) in [4.78, 5) is 10.7. The summed E-state index contributed by atoms with van der Waals surface area (Å²) in [7, 11) is 0. The zero-order chi connectivity index (χ0) is 18.9. The Labute approximate surface area is 164 Å². The molecule has 2 aromatic heterocycles. The standard InChI is InChI=1S/C22H23N5O/c23-12-17-13-25-22(14-24-17)26-9-6-18(7-10-26)28-21-3-1-2-20-19(21)8-11-27(20)15-16-4-5-16/h1-3,8,11,13-14,16,18H,4-7,9-10,15H2. The van der Waals surface area contributed by atoms with Crippen LogP contribution in [-0.4, -0.2) is 33.7 Å². The number of anilines is 1. The van der Waals surface area contributed by atoms with E-state index in [4.69, 9.17) is 10.00 Å². The summed E-state index contributed by atoms with van der Waals surface area (Å²) in [5.41, 5.74) is 1.62. The molecule has 0 radical (unpaired) electrons. The summed E-state index contributed by atoms with van der Waals surface area (Å²) in [5, 5.41) is 10.1. The van der Waals surface area contributed by atoms with Crippen LogP contribution in [0.2, 0.25) is 0 Å². The Balaban J connectivity index is 1.25. The van der Waals surface area contributed by atoms with Gasteiger partial charge in [0.2, 0.25) is 0 Å². The molecule has 142 valence electrons. The normalized spacial score (nSPS) is 17.6. The molecule has 1 aromatic carbocycles. The van der Waals surface area contributed by atoms with Gasteiger partial charge in [-0.2, -0.15) is 5.26 Å². The molecule has 0 amide bonds. The van der Waals surface area contributed by atoms with E-state index in [0.29, 0.717) is 5.69 Å². The van der Waals surface area contributed by atoms with Crippen molar-refractivity contribution in [3.8, 4) is 11.8 Å². The van der Waals surface area contributed by atoms with Crippen molar-refractivity contribution in [2.45, 2.75) is 38.3 Å². The van der Waals surface area contributed by atoms with Crippen LogP contribution in [0, 0.1) is 17.2 Å². The highest BCUT2D eigenvalue weighted by molar-refractivity contribution is 5.86. The molecule has 3 heterocycles. The fraction of sp³-hybridized carbons (Fsp3) is 0.409. The molecule has 1 aliphatic heterocycles. The number of benzene rings is 1. The van der Waals surface area contributed by atoms with Crippen LogP contribution in [0.1, 0.15) is 31.4 Å². The first-order valence-corrected chi connectivity index (χ1v) is 10.0. The summed E-state index contributed by atoms with van der Waals surface area (Å²) in [6.45, 7) is 2.88. The number of nitrogens with zero attached hydrogens (tertiary/aromatic N) is 5. The fourth-order valence-electron chi connectivity index (χ4n) is 3.96. The third-order valence-corrected chi connectivity index (χ3v) is 5.74. The van der Waals surface area contributed by atoms with Crippen molar-refractivity contribution in [3.63, 3.8) is 0 Å². The molecule has 1 saturated heterocycles. The van der Waals surface area contributed by atoms with E-state index in [1.165, 1.54) is 29.9 Å². The molecule has 0 N–H and O–H groups in total. The van der Waals surface area contributed by atoms with Gasteiger partial charge in [0, 0.05) is 44.1 Å². The van der Waals surface area contributed by atoms with Crippen molar-refractivity contribution in [2.24, 2.45) is 5.92 Å². The number of nitriles is 1. The zero-order valence-corrected chi connectivity index (χ0v) is 15.8. The van der Waals surface area contributed by atoms with Crippen LogP contribution in [0.15, 0.2) is 42.9 Å². The second-order valence-electron chi connectivity index (χ2n) is 7.78. The number of piperidine rings is 1. The topological polar surface area (TPSA) is 67.0 Å².